The molecule has 0 radical (unpaired) electrons. The van der Waals surface area contributed by atoms with Gasteiger partial charge in [-0.15, -0.1) is 0 Å². The van der Waals surface area contributed by atoms with Crippen molar-refractivity contribution in [3.8, 4) is 11.5 Å². The maximum Gasteiger partial charge on any atom is 0.237 e. The van der Waals surface area contributed by atoms with Gasteiger partial charge in [-0.05, 0) is 37.3 Å². The number of aromatic hydroxyl groups is 2. The maximum absolute atomic E-state index is 12.0. The van der Waals surface area contributed by atoms with Crippen LogP contribution in [0.4, 0.5) is 0 Å². The minimum absolute atomic E-state index is 0.0241. The van der Waals surface area contributed by atoms with Gasteiger partial charge in [-0.1, -0.05) is 6.07 Å². The fraction of sp³-hybridized carbons (Fsp3) is 0.500. The minimum atomic E-state index is -0.766. The van der Waals surface area contributed by atoms with Crippen LogP contribution in [0, 0.1) is 0 Å². The van der Waals surface area contributed by atoms with E-state index in [1.54, 1.807) is 6.07 Å². The second kappa shape index (κ2) is 8.11. The Hall–Kier alpha value is -1.44. The van der Waals surface area contributed by atoms with Crippen LogP contribution in [0.3, 0.4) is 0 Å². The maximum atomic E-state index is 12.0. The van der Waals surface area contributed by atoms with Gasteiger partial charge in [0.05, 0.1) is 12.6 Å². The number of thioether (sulfide) groups is 1. The van der Waals surface area contributed by atoms with Crippen LogP contribution in [0.2, 0.25) is 0 Å². The first-order valence-corrected chi connectivity index (χ1v) is 7.88. The molecule has 0 heterocycles. The Kier molecular flexibility index (Phi) is 6.80. The lowest BCUT2D eigenvalue weighted by molar-refractivity contribution is -0.123. The normalized spacial score (nSPS) is 15.2. The molecule has 0 fully saturated rings. The van der Waals surface area contributed by atoms with Gasteiger partial charge >= 0.3 is 0 Å². The monoisotopic (exact) mass is 314 g/mol. The summed E-state index contributed by atoms with van der Waals surface area (Å²) in [5.74, 6) is -0.769. The number of nitrogens with two attached hydrogens (primary N) is 1. The number of carbonyl (C=O) groups is 1. The van der Waals surface area contributed by atoms with E-state index in [0.717, 1.165) is 0 Å². The van der Waals surface area contributed by atoms with Crippen LogP contribution in [0.5, 0.6) is 11.5 Å². The van der Waals surface area contributed by atoms with Crippen molar-refractivity contribution in [2.24, 2.45) is 5.73 Å². The van der Waals surface area contributed by atoms with E-state index in [-0.39, 0.29) is 41.7 Å². The first-order chi connectivity index (χ1) is 9.88. The quantitative estimate of drug-likeness (QED) is 0.459. The summed E-state index contributed by atoms with van der Waals surface area (Å²) in [4.78, 5) is 12.0. The van der Waals surface area contributed by atoms with Gasteiger partial charge in [-0.25, -0.2) is 0 Å². The third-order valence-corrected chi connectivity index (χ3v) is 4.41. The van der Waals surface area contributed by atoms with E-state index >= 15 is 0 Å². The standard InChI is InChI=1S/C14H22N2O4S/c1-8(13(7-17)21-2)16-14(20)10(15)5-9-3-4-11(18)12(19)6-9/h3-4,6,8,10,13,17-19H,5,7,15H2,1-2H3,(H,16,20)/t8?,10-,13?/m0/s1. The molecule has 0 spiro atoms. The van der Waals surface area contributed by atoms with E-state index in [1.165, 1.54) is 23.9 Å². The predicted octanol–water partition coefficient (Wildman–Crippen LogP) is 0.196. The highest BCUT2D eigenvalue weighted by Crippen LogP contribution is 2.25. The molecule has 1 amide bonds. The third kappa shape index (κ3) is 5.11. The highest BCUT2D eigenvalue weighted by atomic mass is 32.2. The number of aliphatic hydroxyl groups is 1. The average Bonchev–Trinajstić information content (AvgIpc) is 2.44. The van der Waals surface area contributed by atoms with Crippen LogP contribution in [0.25, 0.3) is 0 Å². The second-order valence-corrected chi connectivity index (χ2v) is 5.96. The fourth-order valence-corrected chi connectivity index (χ4v) is 2.53. The van der Waals surface area contributed by atoms with Crippen LogP contribution in [0.15, 0.2) is 18.2 Å². The molecule has 0 aliphatic heterocycles. The number of amides is 1. The largest absolute Gasteiger partial charge is 0.504 e. The lowest BCUT2D eigenvalue weighted by Gasteiger charge is -2.23. The van der Waals surface area contributed by atoms with Crippen molar-refractivity contribution < 1.29 is 20.1 Å². The molecule has 0 saturated carbocycles. The van der Waals surface area contributed by atoms with Gasteiger partial charge in [0.1, 0.15) is 0 Å². The van der Waals surface area contributed by atoms with E-state index in [0.29, 0.717) is 5.56 Å². The Balaban J connectivity index is 2.60. The number of aliphatic hydroxyl groups excluding tert-OH is 1. The molecule has 1 aromatic carbocycles. The van der Waals surface area contributed by atoms with Crippen molar-refractivity contribution >= 4 is 17.7 Å². The molecule has 1 aromatic rings. The Morgan fingerprint density at radius 3 is 2.57 bits per heavy atom. The van der Waals surface area contributed by atoms with E-state index in [4.69, 9.17) is 5.73 Å². The molecule has 3 atom stereocenters. The van der Waals surface area contributed by atoms with Gasteiger partial charge in [0.15, 0.2) is 11.5 Å². The Bertz CT molecular complexity index is 480. The molecule has 1 rings (SSSR count). The number of carbonyl (C=O) groups excluding carboxylic acids is 1. The molecule has 6 nitrogen and oxygen atoms in total. The first-order valence-electron chi connectivity index (χ1n) is 6.59. The summed E-state index contributed by atoms with van der Waals surface area (Å²) in [6.45, 7) is 1.79. The van der Waals surface area contributed by atoms with Gasteiger partial charge in [-0.2, -0.15) is 11.8 Å². The molecule has 7 heteroatoms. The SMILES string of the molecule is CSC(CO)C(C)NC(=O)[C@@H](N)Cc1ccc(O)c(O)c1. The van der Waals surface area contributed by atoms with E-state index in [9.17, 15) is 20.1 Å². The summed E-state index contributed by atoms with van der Waals surface area (Å²) in [7, 11) is 0. The lowest BCUT2D eigenvalue weighted by Crippen LogP contribution is -2.49. The molecule has 0 aliphatic rings. The zero-order valence-corrected chi connectivity index (χ0v) is 12.9. The van der Waals surface area contributed by atoms with E-state index in [1.807, 2.05) is 13.2 Å². The molecular weight excluding hydrogens is 292 g/mol. The first kappa shape index (κ1) is 17.6. The van der Waals surface area contributed by atoms with Gasteiger partial charge < -0.3 is 26.4 Å². The van der Waals surface area contributed by atoms with Crippen LogP contribution in [-0.2, 0) is 11.2 Å². The van der Waals surface area contributed by atoms with Gasteiger partial charge in [0.2, 0.25) is 5.91 Å². The lowest BCUT2D eigenvalue weighted by atomic mass is 10.0. The van der Waals surface area contributed by atoms with Crippen LogP contribution < -0.4 is 11.1 Å². The van der Waals surface area contributed by atoms with Gasteiger partial charge in [0, 0.05) is 11.3 Å². The Morgan fingerprint density at radius 1 is 1.38 bits per heavy atom. The van der Waals surface area contributed by atoms with Crippen molar-refractivity contribution in [3.05, 3.63) is 23.8 Å². The van der Waals surface area contributed by atoms with Crippen molar-refractivity contribution in [1.29, 1.82) is 0 Å². The fourth-order valence-electron chi connectivity index (χ4n) is 1.90. The van der Waals surface area contributed by atoms with E-state index in [2.05, 4.69) is 5.32 Å². The summed E-state index contributed by atoms with van der Waals surface area (Å²) in [6.07, 6.45) is 2.11. The molecule has 2 unspecified atom stereocenters. The number of nitrogens with one attached hydrogen (secondary N) is 1. The van der Waals surface area contributed by atoms with Crippen LogP contribution >= 0.6 is 11.8 Å². The van der Waals surface area contributed by atoms with Crippen LogP contribution in [-0.4, -0.2) is 51.4 Å². The average molecular weight is 314 g/mol. The minimum Gasteiger partial charge on any atom is -0.504 e. The van der Waals surface area contributed by atoms with Crippen LogP contribution in [0.1, 0.15) is 12.5 Å². The number of phenols is 2. The zero-order chi connectivity index (χ0) is 16.0. The molecule has 0 bridgehead atoms. The molecule has 118 valence electrons. The summed E-state index contributed by atoms with van der Waals surface area (Å²) in [5, 5.41) is 30.5. The number of hydrogen-bond donors (Lipinski definition) is 5. The van der Waals surface area contributed by atoms with Crippen molar-refractivity contribution in [1.82, 2.24) is 5.32 Å². The third-order valence-electron chi connectivity index (χ3n) is 3.24. The number of phenolic OH excluding ortho intramolecular Hbond substituents is 2. The van der Waals surface area contributed by atoms with Gasteiger partial charge in [-0.3, -0.25) is 4.79 Å². The smallest absolute Gasteiger partial charge is 0.237 e. The highest BCUT2D eigenvalue weighted by Gasteiger charge is 2.21. The Labute approximate surface area is 128 Å². The second-order valence-electron chi connectivity index (χ2n) is 4.89. The predicted molar refractivity (Wildman–Crippen MR) is 83.4 cm³/mol. The molecule has 0 aliphatic carbocycles. The molecular formula is C14H22N2O4S. The molecule has 0 aromatic heterocycles. The van der Waals surface area contributed by atoms with Crippen molar-refractivity contribution in [3.63, 3.8) is 0 Å². The number of benzene rings is 1. The molecule has 6 N–H and O–H groups in total. The van der Waals surface area contributed by atoms with E-state index < -0.39 is 6.04 Å². The summed E-state index contributed by atoms with van der Waals surface area (Å²) < 4.78 is 0. The summed E-state index contributed by atoms with van der Waals surface area (Å²) in [5.41, 5.74) is 6.50. The molecule has 21 heavy (non-hydrogen) atoms. The number of hydrogen-bond acceptors (Lipinski definition) is 6. The highest BCUT2D eigenvalue weighted by molar-refractivity contribution is 7.99. The zero-order valence-electron chi connectivity index (χ0n) is 12.1. The number of rotatable bonds is 7. The summed E-state index contributed by atoms with van der Waals surface area (Å²) in [6, 6.07) is 3.37. The summed E-state index contributed by atoms with van der Waals surface area (Å²) >= 11 is 1.47. The van der Waals surface area contributed by atoms with Crippen molar-refractivity contribution in [2.75, 3.05) is 12.9 Å². The molecule has 0 saturated heterocycles. The van der Waals surface area contributed by atoms with Crippen molar-refractivity contribution in [2.45, 2.75) is 30.7 Å². The Morgan fingerprint density at radius 2 is 2.05 bits per heavy atom. The van der Waals surface area contributed by atoms with Gasteiger partial charge in [0.25, 0.3) is 0 Å². The topological polar surface area (TPSA) is 116 Å².